The van der Waals surface area contributed by atoms with Gasteiger partial charge >= 0.3 is 0 Å². The summed E-state index contributed by atoms with van der Waals surface area (Å²) in [6.45, 7) is 9.47. The van der Waals surface area contributed by atoms with Gasteiger partial charge in [0.1, 0.15) is 30.5 Å². The first-order valence-electron chi connectivity index (χ1n) is 15.1. The summed E-state index contributed by atoms with van der Waals surface area (Å²) >= 11 is 0. The minimum Gasteiger partial charge on any atom is -0.491 e. The minimum absolute atomic E-state index is 0.0194. The molecule has 6 N–H and O–H groups in total. The van der Waals surface area contributed by atoms with Gasteiger partial charge in [0.2, 0.25) is 23.6 Å². The Morgan fingerprint density at radius 2 is 1.65 bits per heavy atom. The third-order valence-electron chi connectivity index (χ3n) is 7.52. The molecule has 0 unspecified atom stereocenters. The van der Waals surface area contributed by atoms with E-state index in [4.69, 9.17) is 4.74 Å². The normalized spacial score (nSPS) is 25.6. The highest BCUT2D eigenvalue weighted by Gasteiger charge is 2.33. The fourth-order valence-corrected chi connectivity index (χ4v) is 5.06. The fourth-order valence-electron chi connectivity index (χ4n) is 5.06. The second kappa shape index (κ2) is 16.2. The molecule has 1 aromatic rings. The zero-order valence-electron chi connectivity index (χ0n) is 25.5. The van der Waals surface area contributed by atoms with Crippen molar-refractivity contribution in [1.82, 2.24) is 31.5 Å². The van der Waals surface area contributed by atoms with Crippen molar-refractivity contribution in [3.8, 4) is 5.75 Å². The number of carbonyl (C=O) groups is 5. The van der Waals surface area contributed by atoms with Gasteiger partial charge in [-0.2, -0.15) is 0 Å². The van der Waals surface area contributed by atoms with Gasteiger partial charge < -0.3 is 41.3 Å². The molecule has 0 saturated carbocycles. The summed E-state index contributed by atoms with van der Waals surface area (Å²) in [7, 11) is 0. The molecule has 238 valence electrons. The van der Waals surface area contributed by atoms with Crippen molar-refractivity contribution in [2.45, 2.75) is 83.6 Å². The number of nitrogens with one attached hydrogen (secondary N) is 5. The van der Waals surface area contributed by atoms with Crippen molar-refractivity contribution in [1.29, 1.82) is 0 Å². The molecule has 5 amide bonds. The van der Waals surface area contributed by atoms with E-state index in [2.05, 4.69) is 31.5 Å². The van der Waals surface area contributed by atoms with E-state index < -0.39 is 66.2 Å². The molecule has 1 fully saturated rings. The molecule has 13 nitrogen and oxygen atoms in total. The lowest BCUT2D eigenvalue weighted by atomic mass is 10.0. The van der Waals surface area contributed by atoms with Gasteiger partial charge in [0.15, 0.2) is 0 Å². The van der Waals surface area contributed by atoms with Crippen LogP contribution in [0.1, 0.15) is 63.7 Å². The number of aliphatic hydroxyl groups is 1. The largest absolute Gasteiger partial charge is 0.491 e. The maximum atomic E-state index is 13.4. The van der Waals surface area contributed by atoms with Gasteiger partial charge in [0.25, 0.3) is 5.91 Å². The molecule has 0 spiro atoms. The van der Waals surface area contributed by atoms with Crippen LogP contribution in [0.5, 0.6) is 5.75 Å². The van der Waals surface area contributed by atoms with Crippen LogP contribution in [0.15, 0.2) is 24.3 Å². The quantitative estimate of drug-likeness (QED) is 0.257. The maximum absolute atomic E-state index is 13.4. The van der Waals surface area contributed by atoms with Crippen LogP contribution >= 0.6 is 0 Å². The van der Waals surface area contributed by atoms with Crippen molar-refractivity contribution in [2.75, 3.05) is 32.8 Å². The van der Waals surface area contributed by atoms with E-state index in [1.54, 1.807) is 39.0 Å². The first-order valence-corrected chi connectivity index (χ1v) is 15.1. The predicted molar refractivity (Wildman–Crippen MR) is 159 cm³/mol. The number of hydrogen-bond donors (Lipinski definition) is 6. The van der Waals surface area contributed by atoms with E-state index in [1.807, 2.05) is 0 Å². The van der Waals surface area contributed by atoms with E-state index in [1.165, 1.54) is 19.4 Å². The lowest BCUT2D eigenvalue weighted by Gasteiger charge is -2.28. The number of aliphatic hydroxyl groups excluding tert-OH is 1. The molecule has 1 saturated heterocycles. The summed E-state index contributed by atoms with van der Waals surface area (Å²) in [6, 6.07) is 2.33. The van der Waals surface area contributed by atoms with Crippen molar-refractivity contribution >= 4 is 29.5 Å². The zero-order chi connectivity index (χ0) is 31.5. The number of likely N-dealkylation sites (tertiary alicyclic amines) is 1. The second-order valence-electron chi connectivity index (χ2n) is 11.7. The molecule has 2 aliphatic heterocycles. The molecular formula is C30H46N6O7. The Kier molecular flexibility index (Phi) is 12.7. The van der Waals surface area contributed by atoms with Crippen LogP contribution in [0, 0.1) is 5.92 Å². The van der Waals surface area contributed by atoms with E-state index in [-0.39, 0.29) is 23.8 Å². The van der Waals surface area contributed by atoms with Gasteiger partial charge in [-0.3, -0.25) is 24.0 Å². The predicted octanol–water partition coefficient (Wildman–Crippen LogP) is -0.319. The zero-order valence-corrected chi connectivity index (χ0v) is 25.5. The Labute approximate surface area is 252 Å². The van der Waals surface area contributed by atoms with Gasteiger partial charge in [-0.15, -0.1) is 0 Å². The van der Waals surface area contributed by atoms with Crippen LogP contribution in [0.3, 0.4) is 0 Å². The van der Waals surface area contributed by atoms with E-state index in [0.29, 0.717) is 13.1 Å². The first-order chi connectivity index (χ1) is 20.5. The smallest absolute Gasteiger partial charge is 0.255 e. The number of nitrogens with zero attached hydrogens (tertiary/aromatic N) is 1. The summed E-state index contributed by atoms with van der Waals surface area (Å²) in [6.07, 6.45) is 1.59. The van der Waals surface area contributed by atoms with Crippen LogP contribution < -0.4 is 31.3 Å². The molecule has 5 atom stereocenters. The van der Waals surface area contributed by atoms with E-state index in [9.17, 15) is 29.1 Å². The Morgan fingerprint density at radius 1 is 0.977 bits per heavy atom. The average molecular weight is 603 g/mol. The lowest BCUT2D eigenvalue weighted by Crippen LogP contribution is -2.59. The monoisotopic (exact) mass is 602 g/mol. The molecule has 0 aliphatic carbocycles. The number of benzene rings is 1. The summed E-state index contributed by atoms with van der Waals surface area (Å²) in [5, 5.41) is 23.7. The molecule has 3 rings (SSSR count). The Bertz CT molecular complexity index is 1140. The third-order valence-corrected chi connectivity index (χ3v) is 7.52. The number of fused-ring (bicyclic) bond motifs is 1. The molecule has 1 aromatic carbocycles. The van der Waals surface area contributed by atoms with Crippen molar-refractivity contribution in [2.24, 2.45) is 5.92 Å². The Balaban J connectivity index is 1.87. The SMILES string of the molecule is CC(C)[C@H]1NC(=O)[C@H]([C@@H](C)O)NC(=O)C[C@@H](C(=O)NCCN2CCCCC2)NC(=O)c2ccccc2OC[C@H](C)NC1=O. The highest BCUT2D eigenvalue weighted by atomic mass is 16.5. The van der Waals surface area contributed by atoms with Crippen molar-refractivity contribution < 1.29 is 33.8 Å². The number of rotatable bonds is 6. The number of piperidine rings is 1. The minimum atomic E-state index is -1.41. The number of ether oxygens (including phenoxy) is 1. The second-order valence-corrected chi connectivity index (χ2v) is 11.7. The van der Waals surface area contributed by atoms with E-state index >= 15 is 0 Å². The van der Waals surface area contributed by atoms with Crippen LogP contribution in [0.2, 0.25) is 0 Å². The van der Waals surface area contributed by atoms with Gasteiger partial charge in [0.05, 0.1) is 24.1 Å². The van der Waals surface area contributed by atoms with Crippen molar-refractivity contribution in [3.05, 3.63) is 29.8 Å². The molecule has 13 heteroatoms. The molecule has 0 aromatic heterocycles. The van der Waals surface area contributed by atoms with Gasteiger partial charge in [-0.25, -0.2) is 0 Å². The fraction of sp³-hybridized carbons (Fsp3) is 0.633. The standard InChI is InChI=1S/C30H46N6O7/c1-18(2)25-29(41)32-19(3)17-43-23-11-7-6-10-21(23)27(39)33-22(16-24(38)34-26(20(4)37)30(42)35-25)28(40)31-12-15-36-13-8-5-9-14-36/h6-7,10-11,18-20,22,25-26,37H,5,8-9,12-17H2,1-4H3,(H,31,40)(H,32,41)(H,33,39)(H,34,38)(H,35,42)/t19-,20+,22-,25+,26-/m0/s1. The third kappa shape index (κ3) is 10.2. The van der Waals surface area contributed by atoms with Gasteiger partial charge in [-0.05, 0) is 57.8 Å². The molecule has 0 bridgehead atoms. The summed E-state index contributed by atoms with van der Waals surface area (Å²) < 4.78 is 5.88. The van der Waals surface area contributed by atoms with E-state index in [0.717, 1.165) is 25.9 Å². The maximum Gasteiger partial charge on any atom is 0.255 e. The number of carbonyl (C=O) groups excluding carboxylic acids is 5. The molecule has 2 aliphatic rings. The summed E-state index contributed by atoms with van der Waals surface area (Å²) in [5.41, 5.74) is 0.149. The Morgan fingerprint density at radius 3 is 2.33 bits per heavy atom. The topological polar surface area (TPSA) is 178 Å². The number of para-hydroxylation sites is 1. The van der Waals surface area contributed by atoms with Gasteiger partial charge in [0, 0.05) is 13.1 Å². The molecule has 0 radical (unpaired) electrons. The molecule has 2 heterocycles. The van der Waals surface area contributed by atoms with Gasteiger partial charge in [-0.1, -0.05) is 32.4 Å². The number of hydrogen-bond acceptors (Lipinski definition) is 8. The van der Waals surface area contributed by atoms with Crippen molar-refractivity contribution in [3.63, 3.8) is 0 Å². The average Bonchev–Trinajstić information content (AvgIpc) is 2.96. The van der Waals surface area contributed by atoms with Crippen LogP contribution in [-0.4, -0.2) is 103 Å². The number of amides is 5. The summed E-state index contributed by atoms with van der Waals surface area (Å²) in [5.74, 6) is -3.24. The highest BCUT2D eigenvalue weighted by molar-refractivity contribution is 6.01. The lowest BCUT2D eigenvalue weighted by molar-refractivity contribution is -0.135. The molecular weight excluding hydrogens is 556 g/mol. The summed E-state index contributed by atoms with van der Waals surface area (Å²) in [4.78, 5) is 68.3. The molecule has 43 heavy (non-hydrogen) atoms. The van der Waals surface area contributed by atoms with Crippen LogP contribution in [-0.2, 0) is 19.2 Å². The Hall–Kier alpha value is -3.71. The first kappa shape index (κ1) is 33.8. The van der Waals surface area contributed by atoms with Crippen LogP contribution in [0.4, 0.5) is 0 Å². The highest BCUT2D eigenvalue weighted by Crippen LogP contribution is 2.19. The van der Waals surface area contributed by atoms with Crippen LogP contribution in [0.25, 0.3) is 0 Å².